The van der Waals surface area contributed by atoms with E-state index in [1.54, 1.807) is 19.2 Å². The molecule has 1 fully saturated rings. The quantitative estimate of drug-likeness (QED) is 0.457. The Labute approximate surface area is 200 Å². The maximum absolute atomic E-state index is 13.7. The molecule has 1 heterocycles. The number of rotatable bonds is 6. The van der Waals surface area contributed by atoms with Gasteiger partial charge in [0.2, 0.25) is 5.91 Å². The minimum absolute atomic E-state index is 0.111. The second-order valence-corrected chi connectivity index (χ2v) is 9.38. The van der Waals surface area contributed by atoms with E-state index in [2.05, 4.69) is 5.32 Å². The van der Waals surface area contributed by atoms with Gasteiger partial charge in [-0.3, -0.25) is 14.5 Å². The number of aromatic nitrogens is 1. The summed E-state index contributed by atoms with van der Waals surface area (Å²) in [6.07, 6.45) is 1.42. The Balaban J connectivity index is 1.70. The molecule has 0 saturated heterocycles. The number of amides is 2. The molecule has 2 amide bonds. The molecule has 3 aromatic rings. The van der Waals surface area contributed by atoms with Gasteiger partial charge in [-0.05, 0) is 55.5 Å². The molecule has 0 atom stereocenters. The Hall–Kier alpha value is -2.94. The maximum Gasteiger partial charge on any atom is 0.416 e. The van der Waals surface area contributed by atoms with E-state index in [0.29, 0.717) is 16.6 Å². The molecule has 34 heavy (non-hydrogen) atoms. The number of carbonyl (C=O) groups is 2. The lowest BCUT2D eigenvalue weighted by atomic mass is 10.1. The normalized spacial score (nSPS) is 14.5. The van der Waals surface area contributed by atoms with Crippen molar-refractivity contribution in [2.24, 2.45) is 7.05 Å². The zero-order chi connectivity index (χ0) is 24.5. The van der Waals surface area contributed by atoms with Crippen LogP contribution in [0.25, 0.3) is 10.9 Å². The molecule has 5 nitrogen and oxygen atoms in total. The molecule has 2 aromatic carbocycles. The van der Waals surface area contributed by atoms with Crippen LogP contribution in [0.1, 0.15) is 41.7 Å². The first kappa shape index (κ1) is 24.2. The third kappa shape index (κ3) is 5.09. The van der Waals surface area contributed by atoms with Gasteiger partial charge in [0.1, 0.15) is 12.2 Å². The summed E-state index contributed by atoms with van der Waals surface area (Å²) in [5, 5.41) is 3.53. The van der Waals surface area contributed by atoms with Gasteiger partial charge in [0.05, 0.1) is 5.56 Å². The van der Waals surface area contributed by atoms with Crippen molar-refractivity contribution in [3.8, 4) is 0 Å². The van der Waals surface area contributed by atoms with Crippen molar-refractivity contribution in [1.82, 2.24) is 9.88 Å². The Morgan fingerprint density at radius 1 is 1.12 bits per heavy atom. The van der Waals surface area contributed by atoms with E-state index in [0.717, 1.165) is 42.7 Å². The summed E-state index contributed by atoms with van der Waals surface area (Å²) in [6, 6.07) is 12.4. The van der Waals surface area contributed by atoms with Crippen LogP contribution in [0, 0.1) is 0 Å². The van der Waals surface area contributed by atoms with Crippen molar-refractivity contribution in [1.29, 1.82) is 0 Å². The number of fused-ring (bicyclic) bond motifs is 1. The van der Waals surface area contributed by atoms with Crippen LogP contribution in [0.5, 0.6) is 0 Å². The van der Waals surface area contributed by atoms with Crippen molar-refractivity contribution in [3.05, 3.63) is 59.8 Å². The van der Waals surface area contributed by atoms with Crippen molar-refractivity contribution in [2.45, 2.75) is 42.8 Å². The predicted octanol–water partition coefficient (Wildman–Crippen LogP) is 5.62. The molecule has 0 bridgehead atoms. The zero-order valence-corrected chi connectivity index (χ0v) is 19.8. The lowest BCUT2D eigenvalue weighted by molar-refractivity contribution is -0.137. The molecule has 1 aromatic heterocycles. The third-order valence-electron chi connectivity index (χ3n) is 6.22. The fourth-order valence-corrected chi connectivity index (χ4v) is 4.85. The van der Waals surface area contributed by atoms with Gasteiger partial charge >= 0.3 is 6.18 Å². The molecule has 0 spiro atoms. The minimum Gasteiger partial charge on any atom is -0.352 e. The van der Waals surface area contributed by atoms with Crippen molar-refractivity contribution < 1.29 is 22.8 Å². The number of nitrogens with one attached hydrogen (secondary N) is 1. The number of anilines is 1. The Kier molecular flexibility index (Phi) is 6.93. The number of aryl methyl sites for hydroxylation is 1. The largest absolute Gasteiger partial charge is 0.416 e. The van der Waals surface area contributed by atoms with Gasteiger partial charge in [-0.25, -0.2) is 0 Å². The van der Waals surface area contributed by atoms with Gasteiger partial charge in [0, 0.05) is 34.6 Å². The van der Waals surface area contributed by atoms with E-state index in [1.165, 1.54) is 27.3 Å². The molecule has 1 aliphatic rings. The highest BCUT2D eigenvalue weighted by atomic mass is 32.2. The van der Waals surface area contributed by atoms with Crippen LogP contribution in [-0.4, -0.2) is 35.2 Å². The SMILES string of the molecule is CSc1cccc(N(CC(=O)NC2CCCC2)C(=O)c2cc3ccc(C(F)(F)F)cc3n2C)c1. The van der Waals surface area contributed by atoms with Crippen LogP contribution >= 0.6 is 11.8 Å². The van der Waals surface area contributed by atoms with Crippen LogP contribution in [0.2, 0.25) is 0 Å². The summed E-state index contributed by atoms with van der Waals surface area (Å²) in [4.78, 5) is 28.8. The van der Waals surface area contributed by atoms with Crippen LogP contribution in [0.4, 0.5) is 18.9 Å². The molecule has 1 N–H and O–H groups in total. The number of hydrogen-bond acceptors (Lipinski definition) is 3. The van der Waals surface area contributed by atoms with Crippen molar-refractivity contribution in [3.63, 3.8) is 0 Å². The summed E-state index contributed by atoms with van der Waals surface area (Å²) in [5.41, 5.74) is 0.282. The van der Waals surface area contributed by atoms with Gasteiger partial charge < -0.3 is 9.88 Å². The molecule has 1 saturated carbocycles. The van der Waals surface area contributed by atoms with Crippen molar-refractivity contribution in [2.75, 3.05) is 17.7 Å². The zero-order valence-electron chi connectivity index (χ0n) is 19.0. The fourth-order valence-electron chi connectivity index (χ4n) is 4.40. The highest BCUT2D eigenvalue weighted by Crippen LogP contribution is 2.33. The lowest BCUT2D eigenvalue weighted by Gasteiger charge is -2.24. The summed E-state index contributed by atoms with van der Waals surface area (Å²) < 4.78 is 41.1. The highest BCUT2D eigenvalue weighted by molar-refractivity contribution is 7.98. The number of alkyl halides is 3. The summed E-state index contributed by atoms with van der Waals surface area (Å²) in [5.74, 6) is -0.708. The molecule has 9 heteroatoms. The molecule has 0 unspecified atom stereocenters. The Bertz CT molecular complexity index is 1220. The van der Waals surface area contributed by atoms with Crippen LogP contribution in [0.3, 0.4) is 0 Å². The molecular weight excluding hydrogens is 463 g/mol. The lowest BCUT2D eigenvalue weighted by Crippen LogP contribution is -2.44. The standard InChI is InChI=1S/C25H26F3N3O2S/c1-30-21-13-17(25(26,27)28)11-10-16(21)12-22(30)24(33)31(19-8-5-9-20(14-19)34-2)15-23(32)29-18-6-3-4-7-18/h5,8-14,18H,3-4,6-7,15H2,1-2H3,(H,29,32). The second-order valence-electron chi connectivity index (χ2n) is 8.50. The third-order valence-corrected chi connectivity index (χ3v) is 6.95. The van der Waals surface area contributed by atoms with E-state index in [4.69, 9.17) is 0 Å². The fraction of sp³-hybridized carbons (Fsp3) is 0.360. The average Bonchev–Trinajstić information content (AvgIpc) is 3.44. The topological polar surface area (TPSA) is 54.3 Å². The Morgan fingerprint density at radius 2 is 1.85 bits per heavy atom. The maximum atomic E-state index is 13.7. The van der Waals surface area contributed by atoms with Crippen LogP contribution < -0.4 is 10.2 Å². The van der Waals surface area contributed by atoms with E-state index >= 15 is 0 Å². The molecule has 4 rings (SSSR count). The van der Waals surface area contributed by atoms with Crippen LogP contribution in [-0.2, 0) is 18.0 Å². The van der Waals surface area contributed by atoms with Crippen molar-refractivity contribution >= 4 is 40.2 Å². The van der Waals surface area contributed by atoms with Gasteiger partial charge in [0.25, 0.3) is 5.91 Å². The molecule has 0 aliphatic heterocycles. The highest BCUT2D eigenvalue weighted by Gasteiger charge is 2.31. The molecular formula is C25H26F3N3O2S. The number of halogens is 3. The number of carbonyl (C=O) groups excluding carboxylic acids is 2. The minimum atomic E-state index is -4.48. The van der Waals surface area contributed by atoms with Crippen LogP contribution in [0.15, 0.2) is 53.4 Å². The number of thioether (sulfide) groups is 1. The van der Waals surface area contributed by atoms with E-state index in [9.17, 15) is 22.8 Å². The summed E-state index contributed by atoms with van der Waals surface area (Å²) in [7, 11) is 1.56. The second kappa shape index (κ2) is 9.74. The van der Waals surface area contributed by atoms with Gasteiger partial charge in [-0.15, -0.1) is 11.8 Å². The Morgan fingerprint density at radius 3 is 2.53 bits per heavy atom. The molecule has 1 aliphatic carbocycles. The van der Waals surface area contributed by atoms with E-state index < -0.39 is 17.6 Å². The number of benzene rings is 2. The first-order valence-electron chi connectivity index (χ1n) is 11.1. The van der Waals surface area contributed by atoms with Gasteiger partial charge in [0.15, 0.2) is 0 Å². The molecule has 0 radical (unpaired) electrons. The first-order valence-corrected chi connectivity index (χ1v) is 12.3. The monoisotopic (exact) mass is 489 g/mol. The molecule has 180 valence electrons. The van der Waals surface area contributed by atoms with Gasteiger partial charge in [-0.2, -0.15) is 13.2 Å². The summed E-state index contributed by atoms with van der Waals surface area (Å²) in [6.45, 7) is -0.178. The number of hydrogen-bond donors (Lipinski definition) is 1. The summed E-state index contributed by atoms with van der Waals surface area (Å²) >= 11 is 1.51. The van der Waals surface area contributed by atoms with E-state index in [-0.39, 0.29) is 24.2 Å². The van der Waals surface area contributed by atoms with E-state index in [1.807, 2.05) is 24.5 Å². The first-order chi connectivity index (χ1) is 16.2. The predicted molar refractivity (Wildman–Crippen MR) is 128 cm³/mol. The number of nitrogens with zero attached hydrogens (tertiary/aromatic N) is 2. The average molecular weight is 490 g/mol. The smallest absolute Gasteiger partial charge is 0.352 e. The van der Waals surface area contributed by atoms with Gasteiger partial charge in [-0.1, -0.05) is 25.0 Å².